The van der Waals surface area contributed by atoms with Gasteiger partial charge >= 0.3 is 0 Å². The number of carbonyl (C=O) groups excluding carboxylic acids is 1. The average Bonchev–Trinajstić information content (AvgIpc) is 2.87. The molecule has 1 fully saturated rings. The van der Waals surface area contributed by atoms with Gasteiger partial charge in [-0.2, -0.15) is 0 Å². The third kappa shape index (κ3) is 3.31. The second-order valence-electron chi connectivity index (χ2n) is 5.41. The monoisotopic (exact) mass is 250 g/mol. The molecule has 1 heterocycles. The minimum atomic E-state index is -0.163. The minimum Gasteiger partial charge on any atom is -0.349 e. The molecular formula is C13H22N4O. The third-order valence-corrected chi connectivity index (χ3v) is 3.53. The van der Waals surface area contributed by atoms with Gasteiger partial charge in [0.15, 0.2) is 0 Å². The lowest BCUT2D eigenvalue weighted by molar-refractivity contribution is 0.0933. The van der Waals surface area contributed by atoms with Crippen LogP contribution in [0.5, 0.6) is 0 Å². The molecule has 100 valence electrons. The SMILES string of the molecule is CC(C)c1nc(C(=O)NCC2CCCCC2)n[nH]1. The quantitative estimate of drug-likeness (QED) is 0.861. The molecule has 0 atom stereocenters. The summed E-state index contributed by atoms with van der Waals surface area (Å²) in [6.45, 7) is 4.79. The van der Waals surface area contributed by atoms with Crippen LogP contribution in [0.2, 0.25) is 0 Å². The number of rotatable bonds is 4. The molecule has 1 aliphatic rings. The van der Waals surface area contributed by atoms with Gasteiger partial charge in [-0.25, -0.2) is 4.98 Å². The van der Waals surface area contributed by atoms with Crippen LogP contribution in [0.4, 0.5) is 0 Å². The first-order chi connectivity index (χ1) is 8.66. The first-order valence-electron chi connectivity index (χ1n) is 6.87. The molecule has 1 aromatic heterocycles. The zero-order valence-electron chi connectivity index (χ0n) is 11.2. The first-order valence-corrected chi connectivity index (χ1v) is 6.87. The Morgan fingerprint density at radius 1 is 1.39 bits per heavy atom. The van der Waals surface area contributed by atoms with Gasteiger partial charge < -0.3 is 5.32 Å². The van der Waals surface area contributed by atoms with Crippen LogP contribution >= 0.6 is 0 Å². The smallest absolute Gasteiger partial charge is 0.290 e. The average molecular weight is 250 g/mol. The molecule has 0 unspecified atom stereocenters. The summed E-state index contributed by atoms with van der Waals surface area (Å²) in [5, 5.41) is 9.69. The van der Waals surface area contributed by atoms with Gasteiger partial charge in [-0.05, 0) is 18.8 Å². The van der Waals surface area contributed by atoms with Crippen LogP contribution in [0.1, 0.15) is 68.3 Å². The van der Waals surface area contributed by atoms with Crippen molar-refractivity contribution in [2.24, 2.45) is 5.92 Å². The Morgan fingerprint density at radius 3 is 2.72 bits per heavy atom. The molecule has 0 spiro atoms. The molecule has 5 heteroatoms. The van der Waals surface area contributed by atoms with Crippen molar-refractivity contribution in [3.05, 3.63) is 11.6 Å². The zero-order chi connectivity index (χ0) is 13.0. The maximum absolute atomic E-state index is 11.9. The fourth-order valence-electron chi connectivity index (χ4n) is 2.34. The van der Waals surface area contributed by atoms with Crippen molar-refractivity contribution in [1.82, 2.24) is 20.5 Å². The van der Waals surface area contributed by atoms with E-state index in [4.69, 9.17) is 0 Å². The summed E-state index contributed by atoms with van der Waals surface area (Å²) in [6, 6.07) is 0. The molecule has 1 aromatic rings. The predicted octanol–water partition coefficient (Wildman–Crippen LogP) is 2.24. The second kappa shape index (κ2) is 5.98. The number of amides is 1. The fraction of sp³-hybridized carbons (Fsp3) is 0.769. The van der Waals surface area contributed by atoms with Gasteiger partial charge in [0, 0.05) is 12.5 Å². The summed E-state index contributed by atoms with van der Waals surface area (Å²) < 4.78 is 0. The van der Waals surface area contributed by atoms with Crippen molar-refractivity contribution in [3.8, 4) is 0 Å². The maximum atomic E-state index is 11.9. The number of hydrogen-bond donors (Lipinski definition) is 2. The van der Waals surface area contributed by atoms with Crippen LogP contribution in [0, 0.1) is 5.92 Å². The summed E-state index contributed by atoms with van der Waals surface area (Å²) in [6.07, 6.45) is 6.37. The van der Waals surface area contributed by atoms with E-state index >= 15 is 0 Å². The summed E-state index contributed by atoms with van der Waals surface area (Å²) in [4.78, 5) is 16.1. The van der Waals surface area contributed by atoms with E-state index in [-0.39, 0.29) is 17.6 Å². The molecule has 0 aromatic carbocycles. The predicted molar refractivity (Wildman–Crippen MR) is 69.4 cm³/mol. The third-order valence-electron chi connectivity index (χ3n) is 3.53. The van der Waals surface area contributed by atoms with E-state index in [1.54, 1.807) is 0 Å². The van der Waals surface area contributed by atoms with Gasteiger partial charge in [0.05, 0.1) is 0 Å². The number of hydrogen-bond acceptors (Lipinski definition) is 3. The van der Waals surface area contributed by atoms with Crippen molar-refractivity contribution in [2.45, 2.75) is 51.9 Å². The highest BCUT2D eigenvalue weighted by Crippen LogP contribution is 2.22. The Labute approximate surface area is 108 Å². The lowest BCUT2D eigenvalue weighted by Gasteiger charge is -2.21. The van der Waals surface area contributed by atoms with Gasteiger partial charge in [0.1, 0.15) is 5.82 Å². The van der Waals surface area contributed by atoms with Gasteiger partial charge in [-0.3, -0.25) is 9.89 Å². The molecule has 1 amide bonds. The van der Waals surface area contributed by atoms with Gasteiger partial charge in [0.2, 0.25) is 5.82 Å². The summed E-state index contributed by atoms with van der Waals surface area (Å²) in [5.41, 5.74) is 0. The van der Waals surface area contributed by atoms with E-state index in [1.165, 1.54) is 32.1 Å². The molecule has 1 aliphatic carbocycles. The molecule has 0 bridgehead atoms. The maximum Gasteiger partial charge on any atom is 0.290 e. The Kier molecular flexibility index (Phi) is 4.33. The fourth-order valence-corrected chi connectivity index (χ4v) is 2.34. The van der Waals surface area contributed by atoms with Gasteiger partial charge in [-0.1, -0.05) is 33.1 Å². The van der Waals surface area contributed by atoms with Crippen LogP contribution in [0.15, 0.2) is 0 Å². The Balaban J connectivity index is 1.83. The Bertz CT molecular complexity index is 393. The van der Waals surface area contributed by atoms with Crippen LogP contribution in [0.25, 0.3) is 0 Å². The number of H-pyrrole nitrogens is 1. The van der Waals surface area contributed by atoms with E-state index in [2.05, 4.69) is 20.5 Å². The largest absolute Gasteiger partial charge is 0.349 e. The Morgan fingerprint density at radius 2 is 2.11 bits per heavy atom. The molecule has 2 N–H and O–H groups in total. The van der Waals surface area contributed by atoms with Crippen molar-refractivity contribution < 1.29 is 4.79 Å². The van der Waals surface area contributed by atoms with E-state index < -0.39 is 0 Å². The number of aromatic nitrogens is 3. The summed E-state index contributed by atoms with van der Waals surface area (Å²) in [7, 11) is 0. The number of nitrogens with zero attached hydrogens (tertiary/aromatic N) is 2. The molecule has 5 nitrogen and oxygen atoms in total. The van der Waals surface area contributed by atoms with Crippen LogP contribution in [-0.2, 0) is 0 Å². The van der Waals surface area contributed by atoms with E-state index in [0.717, 1.165) is 12.4 Å². The first kappa shape index (κ1) is 13.1. The summed E-state index contributed by atoms with van der Waals surface area (Å²) in [5.74, 6) is 1.75. The summed E-state index contributed by atoms with van der Waals surface area (Å²) >= 11 is 0. The normalized spacial score (nSPS) is 17.1. The highest BCUT2D eigenvalue weighted by atomic mass is 16.2. The molecule has 0 radical (unpaired) electrons. The standard InChI is InChI=1S/C13H22N4O/c1-9(2)11-15-12(17-16-11)13(18)14-8-10-6-4-3-5-7-10/h9-10H,3-8H2,1-2H3,(H,14,18)(H,15,16,17). The molecule has 0 aliphatic heterocycles. The van der Waals surface area contributed by atoms with E-state index in [9.17, 15) is 4.79 Å². The van der Waals surface area contributed by atoms with Crippen LogP contribution in [-0.4, -0.2) is 27.6 Å². The lowest BCUT2D eigenvalue weighted by atomic mass is 9.89. The number of carbonyl (C=O) groups is 1. The van der Waals surface area contributed by atoms with Crippen LogP contribution in [0.3, 0.4) is 0 Å². The number of nitrogens with one attached hydrogen (secondary N) is 2. The minimum absolute atomic E-state index is 0.163. The topological polar surface area (TPSA) is 70.7 Å². The molecule has 1 saturated carbocycles. The second-order valence-corrected chi connectivity index (χ2v) is 5.41. The van der Waals surface area contributed by atoms with Gasteiger partial charge in [0.25, 0.3) is 5.91 Å². The lowest BCUT2D eigenvalue weighted by Crippen LogP contribution is -2.31. The van der Waals surface area contributed by atoms with Crippen molar-refractivity contribution in [2.75, 3.05) is 6.54 Å². The molecule has 0 saturated heterocycles. The molecule has 2 rings (SSSR count). The highest BCUT2D eigenvalue weighted by Gasteiger charge is 2.17. The molecule has 18 heavy (non-hydrogen) atoms. The zero-order valence-corrected chi connectivity index (χ0v) is 11.2. The van der Waals surface area contributed by atoms with E-state index in [0.29, 0.717) is 5.92 Å². The molecular weight excluding hydrogens is 228 g/mol. The van der Waals surface area contributed by atoms with Crippen molar-refractivity contribution in [3.63, 3.8) is 0 Å². The van der Waals surface area contributed by atoms with Crippen molar-refractivity contribution >= 4 is 5.91 Å². The Hall–Kier alpha value is -1.39. The van der Waals surface area contributed by atoms with Gasteiger partial charge in [-0.15, -0.1) is 5.10 Å². The number of aromatic amines is 1. The highest BCUT2D eigenvalue weighted by molar-refractivity contribution is 5.90. The van der Waals surface area contributed by atoms with Crippen molar-refractivity contribution in [1.29, 1.82) is 0 Å². The van der Waals surface area contributed by atoms with Crippen LogP contribution < -0.4 is 5.32 Å². The van der Waals surface area contributed by atoms with E-state index in [1.807, 2.05) is 13.8 Å².